The van der Waals surface area contributed by atoms with Gasteiger partial charge >= 0.3 is 12.1 Å². The fourth-order valence-corrected chi connectivity index (χ4v) is 7.63. The monoisotopic (exact) mass is 594 g/mol. The molecule has 0 radical (unpaired) electrons. The van der Waals surface area contributed by atoms with Gasteiger partial charge in [0.25, 0.3) is 0 Å². The third-order valence-electron chi connectivity index (χ3n) is 8.49. The zero-order valence-electron chi connectivity index (χ0n) is 22.4. The molecule has 14 heteroatoms. The zero-order valence-corrected chi connectivity index (χ0v) is 23.2. The van der Waals surface area contributed by atoms with Crippen LogP contribution in [-0.4, -0.2) is 69.5 Å². The van der Waals surface area contributed by atoms with E-state index in [1.807, 2.05) is 6.07 Å². The van der Waals surface area contributed by atoms with Crippen LogP contribution in [0.5, 0.6) is 6.01 Å². The Balaban J connectivity index is 1.35. The minimum absolute atomic E-state index is 0.00285. The van der Waals surface area contributed by atoms with Crippen molar-refractivity contribution in [2.24, 2.45) is 0 Å². The van der Waals surface area contributed by atoms with E-state index in [0.29, 0.717) is 23.1 Å². The Morgan fingerprint density at radius 3 is 2.95 bits per heavy atom. The Bertz CT molecular complexity index is 1830. The van der Waals surface area contributed by atoms with Crippen molar-refractivity contribution in [1.82, 2.24) is 19.9 Å². The second kappa shape index (κ2) is 10.1. The summed E-state index contributed by atoms with van der Waals surface area (Å²) in [6, 6.07) is 1.95. The van der Waals surface area contributed by atoms with Crippen molar-refractivity contribution in [2.45, 2.75) is 44.1 Å². The number of halogens is 2. The molecule has 2 fully saturated rings. The van der Waals surface area contributed by atoms with Crippen molar-refractivity contribution >= 4 is 43.4 Å². The number of amides is 1. The first kappa shape index (κ1) is 26.8. The fourth-order valence-electron chi connectivity index (χ4n) is 6.59. The molecule has 3 aliphatic heterocycles. The predicted molar refractivity (Wildman–Crippen MR) is 147 cm³/mol. The van der Waals surface area contributed by atoms with E-state index in [-0.39, 0.29) is 68.3 Å². The highest BCUT2D eigenvalue weighted by molar-refractivity contribution is 7.23. The third kappa shape index (κ3) is 4.07. The number of benzene rings is 1. The van der Waals surface area contributed by atoms with Gasteiger partial charge < -0.3 is 19.3 Å². The highest BCUT2D eigenvalue weighted by Crippen LogP contribution is 2.46. The van der Waals surface area contributed by atoms with Crippen molar-refractivity contribution in [3.05, 3.63) is 40.7 Å². The van der Waals surface area contributed by atoms with Crippen LogP contribution in [0.1, 0.15) is 36.0 Å². The molecular weight excluding hydrogens is 570 g/mol. The number of ether oxygens (including phenoxy) is 3. The Morgan fingerprint density at radius 2 is 2.17 bits per heavy atom. The number of nitriles is 1. The van der Waals surface area contributed by atoms with Crippen molar-refractivity contribution in [2.75, 3.05) is 32.1 Å². The average molecular weight is 595 g/mol. The number of hydrogen-bond donors (Lipinski definition) is 2. The third-order valence-corrected chi connectivity index (χ3v) is 9.61. The molecule has 11 nitrogen and oxygen atoms in total. The number of fused-ring (bicyclic) bond motifs is 5. The van der Waals surface area contributed by atoms with Gasteiger partial charge in [-0.1, -0.05) is 0 Å². The fraction of sp³-hybridized carbons (Fsp3) is 0.393. The Kier molecular flexibility index (Phi) is 6.43. The molecule has 216 valence electrons. The van der Waals surface area contributed by atoms with Crippen LogP contribution in [0.15, 0.2) is 12.4 Å². The van der Waals surface area contributed by atoms with Gasteiger partial charge in [-0.3, -0.25) is 15.2 Å². The van der Waals surface area contributed by atoms with Gasteiger partial charge in [-0.2, -0.15) is 10.2 Å². The number of aromatic nitrogens is 3. The molecule has 0 aliphatic carbocycles. The lowest BCUT2D eigenvalue weighted by Gasteiger charge is -2.30. The number of methoxy groups -OCH3 is 1. The van der Waals surface area contributed by atoms with Crippen LogP contribution < -0.4 is 10.1 Å². The number of rotatable bonds is 6. The van der Waals surface area contributed by atoms with Crippen LogP contribution in [0.3, 0.4) is 0 Å². The zero-order chi connectivity index (χ0) is 29.2. The van der Waals surface area contributed by atoms with Gasteiger partial charge in [0, 0.05) is 36.2 Å². The van der Waals surface area contributed by atoms with Gasteiger partial charge in [-0.25, -0.2) is 18.6 Å². The smallest absolute Gasteiger partial charge is 0.409 e. The predicted octanol–water partition coefficient (Wildman–Crippen LogP) is 4.81. The molecule has 2 atom stereocenters. The normalized spacial score (nSPS) is 21.5. The van der Waals surface area contributed by atoms with Gasteiger partial charge in [0.15, 0.2) is 11.6 Å². The molecule has 4 aromatic rings. The average Bonchev–Trinajstić information content (AvgIpc) is 3.75. The molecule has 0 bridgehead atoms. The molecule has 0 saturated carbocycles. The second-order valence-electron chi connectivity index (χ2n) is 10.7. The molecule has 0 spiro atoms. The van der Waals surface area contributed by atoms with E-state index in [1.54, 1.807) is 7.11 Å². The number of carbonyl (C=O) groups is 1. The maximum Gasteiger partial charge on any atom is 0.409 e. The van der Waals surface area contributed by atoms with Gasteiger partial charge in [-0.15, -0.1) is 11.3 Å². The summed E-state index contributed by atoms with van der Waals surface area (Å²) in [6.45, 7) is 2.35. The van der Waals surface area contributed by atoms with Gasteiger partial charge in [0.1, 0.15) is 23.2 Å². The summed E-state index contributed by atoms with van der Waals surface area (Å²) in [5.74, 6) is -1.51. The Hall–Kier alpha value is -4.03. The van der Waals surface area contributed by atoms with Crippen molar-refractivity contribution in [1.29, 1.82) is 5.26 Å². The van der Waals surface area contributed by atoms with Crippen molar-refractivity contribution in [3.63, 3.8) is 0 Å². The maximum absolute atomic E-state index is 16.6. The standard InChI is InChI=1S/C28H24F2N6O5S/c1-39-13-5-28(3-2-4-36(28)9-13)12-41-26-33-7-15-16-10-40-11-17(16)19(21(30)22(15)34-26)23-20-14(6-31)25(35-27(37)38)42-24(20)18(29)8-32-23/h7-8,13,35H,2-5,9-12H2,1H3,(H,37,38)/t13-,28+/m1/s1. The van der Waals surface area contributed by atoms with Gasteiger partial charge in [-0.05, 0) is 36.9 Å². The number of pyridine rings is 1. The van der Waals surface area contributed by atoms with Crippen LogP contribution in [0.25, 0.3) is 32.2 Å². The number of nitrogens with zero attached hydrogens (tertiary/aromatic N) is 5. The van der Waals surface area contributed by atoms with E-state index in [0.717, 1.165) is 49.9 Å². The van der Waals surface area contributed by atoms with Crippen LogP contribution in [0.2, 0.25) is 0 Å². The molecule has 2 saturated heterocycles. The first-order chi connectivity index (χ1) is 20.3. The summed E-state index contributed by atoms with van der Waals surface area (Å²) in [6.07, 6.45) is 3.99. The van der Waals surface area contributed by atoms with Crippen LogP contribution in [0.4, 0.5) is 18.6 Å². The van der Waals surface area contributed by atoms with Gasteiger partial charge in [0.05, 0.1) is 47.0 Å². The topological polar surface area (TPSA) is 143 Å². The quantitative estimate of drug-likeness (QED) is 0.319. The lowest BCUT2D eigenvalue weighted by Crippen LogP contribution is -2.43. The number of hydrogen-bond acceptors (Lipinski definition) is 10. The van der Waals surface area contributed by atoms with Crippen LogP contribution >= 0.6 is 11.3 Å². The van der Waals surface area contributed by atoms with E-state index in [9.17, 15) is 19.6 Å². The molecular formula is C28H24F2N6O5S. The summed E-state index contributed by atoms with van der Waals surface area (Å²) in [5, 5.41) is 21.7. The number of carboxylic acid groups (broad SMARTS) is 1. The summed E-state index contributed by atoms with van der Waals surface area (Å²) in [5.41, 5.74) is 0.799. The van der Waals surface area contributed by atoms with E-state index in [4.69, 9.17) is 14.2 Å². The van der Waals surface area contributed by atoms with Gasteiger partial charge in [0.2, 0.25) is 0 Å². The molecule has 42 heavy (non-hydrogen) atoms. The lowest BCUT2D eigenvalue weighted by atomic mass is 9.94. The number of nitrogens with one attached hydrogen (secondary N) is 1. The van der Waals surface area contributed by atoms with Crippen molar-refractivity contribution < 1.29 is 32.9 Å². The molecule has 3 aromatic heterocycles. The molecule has 2 N–H and O–H groups in total. The van der Waals surface area contributed by atoms with Crippen LogP contribution in [0, 0.1) is 23.0 Å². The molecule has 0 unspecified atom stereocenters. The van der Waals surface area contributed by atoms with E-state index in [1.165, 1.54) is 6.20 Å². The molecule has 3 aliphatic rings. The van der Waals surface area contributed by atoms with Crippen molar-refractivity contribution in [3.8, 4) is 23.3 Å². The molecule has 1 amide bonds. The molecule has 7 rings (SSSR count). The van der Waals surface area contributed by atoms with E-state index >= 15 is 4.39 Å². The Labute approximate surface area is 241 Å². The summed E-state index contributed by atoms with van der Waals surface area (Å²) < 4.78 is 48.8. The summed E-state index contributed by atoms with van der Waals surface area (Å²) in [4.78, 5) is 26.8. The number of anilines is 1. The maximum atomic E-state index is 16.6. The summed E-state index contributed by atoms with van der Waals surface area (Å²) in [7, 11) is 1.71. The minimum Gasteiger partial charge on any atom is -0.465 e. The largest absolute Gasteiger partial charge is 0.465 e. The highest BCUT2D eigenvalue weighted by Gasteiger charge is 2.49. The van der Waals surface area contributed by atoms with E-state index < -0.39 is 17.7 Å². The van der Waals surface area contributed by atoms with E-state index in [2.05, 4.69) is 25.2 Å². The highest BCUT2D eigenvalue weighted by atomic mass is 32.1. The first-order valence-electron chi connectivity index (χ1n) is 13.3. The minimum atomic E-state index is -1.42. The van der Waals surface area contributed by atoms with Crippen LogP contribution in [-0.2, 0) is 22.7 Å². The SMILES string of the molecule is CO[C@H]1CN2CCC[C@@]2(COc2ncc3c4c(c(-c5ncc(F)c6sc(NC(=O)O)c(C#N)c56)c(F)c3n2)COC4)C1. The lowest BCUT2D eigenvalue weighted by molar-refractivity contribution is 0.0997. The number of thiophene rings is 1. The first-order valence-corrected chi connectivity index (χ1v) is 14.1. The molecule has 1 aromatic carbocycles. The second-order valence-corrected chi connectivity index (χ2v) is 11.7. The summed E-state index contributed by atoms with van der Waals surface area (Å²) >= 11 is 0.743. The Morgan fingerprint density at radius 1 is 1.33 bits per heavy atom. The molecule has 6 heterocycles.